The number of unbranched alkanes of at least 4 members (excludes halogenated alkanes) is 66. The summed E-state index contributed by atoms with van der Waals surface area (Å²) in [5.74, 6) is 3.45. The maximum atomic E-state index is 11.4. The molecule has 0 fully saturated rings. The van der Waals surface area contributed by atoms with E-state index < -0.39 is 36.6 Å². The Morgan fingerprint density at radius 1 is 0.133 bits per heavy atom. The molecular weight excluding hydrogens is 1900 g/mol. The molecule has 150 heavy (non-hydrogen) atoms. The Morgan fingerprint density at radius 3 is 0.280 bits per heavy atom. The third-order valence-electron chi connectivity index (χ3n) is 27.4. The van der Waals surface area contributed by atoms with E-state index in [1.807, 2.05) is 0 Å². The fourth-order valence-electron chi connectivity index (χ4n) is 17.4. The highest BCUT2D eigenvalue weighted by atomic mass is 16.6. The summed E-state index contributed by atoms with van der Waals surface area (Å²) >= 11 is 0. The summed E-state index contributed by atoms with van der Waals surface area (Å²) in [4.78, 5) is 68.3. The van der Waals surface area contributed by atoms with Crippen molar-refractivity contribution in [3.05, 3.63) is 0 Å². The van der Waals surface area contributed by atoms with Gasteiger partial charge in [0, 0.05) is 38.5 Å². The van der Waals surface area contributed by atoms with Gasteiger partial charge in [-0.05, 0) is 74.0 Å². The van der Waals surface area contributed by atoms with Crippen molar-refractivity contribution in [2.45, 2.75) is 659 Å². The number of aliphatic hydroxyl groups is 12. The van der Waals surface area contributed by atoms with Crippen LogP contribution >= 0.6 is 0 Å². The van der Waals surface area contributed by atoms with Gasteiger partial charge in [-0.1, -0.05) is 545 Å². The van der Waals surface area contributed by atoms with Crippen molar-refractivity contribution < 1.29 is 118 Å². The number of ether oxygens (including phenoxy) is 6. The normalized spacial score (nSPS) is 12.5. The maximum absolute atomic E-state index is 11.4. The van der Waals surface area contributed by atoms with E-state index in [4.69, 9.17) is 89.7 Å². The van der Waals surface area contributed by atoms with Gasteiger partial charge in [-0.25, -0.2) is 0 Å². The van der Waals surface area contributed by atoms with Crippen molar-refractivity contribution in [2.75, 3.05) is 79.3 Å². The van der Waals surface area contributed by atoms with Crippen LogP contribution in [0.2, 0.25) is 0 Å². The molecule has 0 aliphatic carbocycles. The zero-order chi connectivity index (χ0) is 113. The second kappa shape index (κ2) is 130. The van der Waals surface area contributed by atoms with Crippen LogP contribution in [0.5, 0.6) is 0 Å². The van der Waals surface area contributed by atoms with Crippen LogP contribution in [0.25, 0.3) is 0 Å². The summed E-state index contributed by atoms with van der Waals surface area (Å²) in [5.41, 5.74) is 0. The molecule has 0 aromatic heterocycles. The zero-order valence-electron chi connectivity index (χ0n) is 100. The van der Waals surface area contributed by atoms with Gasteiger partial charge in [0.1, 0.15) is 76.3 Å². The van der Waals surface area contributed by atoms with Crippen LogP contribution in [0, 0.1) is 35.5 Å². The van der Waals surface area contributed by atoms with E-state index in [1.165, 1.54) is 424 Å². The van der Waals surface area contributed by atoms with Crippen LogP contribution in [-0.2, 0) is 57.2 Å². The summed E-state index contributed by atoms with van der Waals surface area (Å²) in [6.07, 6.45) is 97.0. The molecule has 0 aromatic carbocycles. The number of aliphatic hydroxyl groups excluding tert-OH is 12. The van der Waals surface area contributed by atoms with Gasteiger partial charge >= 0.3 is 35.8 Å². The van der Waals surface area contributed by atoms with Gasteiger partial charge in [-0.2, -0.15) is 0 Å². The number of hydrogen-bond donors (Lipinski definition) is 12. The minimum Gasteiger partial charge on any atom is -0.463 e. The van der Waals surface area contributed by atoms with Crippen molar-refractivity contribution in [1.82, 2.24) is 0 Å². The fourth-order valence-corrected chi connectivity index (χ4v) is 17.4. The van der Waals surface area contributed by atoms with E-state index >= 15 is 0 Å². The first-order valence-electron chi connectivity index (χ1n) is 63.0. The molecule has 0 radical (unpaired) electrons. The van der Waals surface area contributed by atoms with Gasteiger partial charge < -0.3 is 89.7 Å². The summed E-state index contributed by atoms with van der Waals surface area (Å²) in [7, 11) is 0. The molecule has 0 bridgehead atoms. The van der Waals surface area contributed by atoms with Crippen LogP contribution in [0.3, 0.4) is 0 Å². The Balaban J connectivity index is -0.000000415. The molecule has 0 aromatic rings. The van der Waals surface area contributed by atoms with Crippen LogP contribution in [0.15, 0.2) is 0 Å². The minimum atomic E-state index is -0.955. The quantitative estimate of drug-likeness (QED) is 0.0153. The monoisotopic (exact) mass is 2150 g/mol. The molecule has 6 atom stereocenters. The van der Waals surface area contributed by atoms with Crippen LogP contribution in [-0.4, -0.2) is 213 Å². The highest BCUT2D eigenvalue weighted by Crippen LogP contribution is 2.24. The number of carbonyl (C=O) groups excluding carboxylic acids is 6. The number of esters is 6. The van der Waals surface area contributed by atoms with Gasteiger partial charge in [0.05, 0.1) is 39.6 Å². The van der Waals surface area contributed by atoms with E-state index in [0.717, 1.165) is 113 Å². The Labute approximate surface area is 923 Å². The molecule has 0 rings (SSSR count). The predicted molar refractivity (Wildman–Crippen MR) is 621 cm³/mol. The minimum absolute atomic E-state index is 0.104. The molecule has 900 valence electrons. The Morgan fingerprint density at radius 2 is 0.207 bits per heavy atom. The first-order valence-corrected chi connectivity index (χ1v) is 63.0. The van der Waals surface area contributed by atoms with Crippen molar-refractivity contribution >= 4 is 35.8 Å². The molecular formula is C126H252O24. The average Bonchev–Trinajstić information content (AvgIpc) is 1.03. The summed E-state index contributed by atoms with van der Waals surface area (Å²) in [6.45, 7) is 24.8. The second-order valence-corrected chi connectivity index (χ2v) is 46.2. The topological polar surface area (TPSA) is 401 Å². The molecule has 0 aliphatic rings. The van der Waals surface area contributed by atoms with Gasteiger partial charge in [0.15, 0.2) is 0 Å². The maximum Gasteiger partial charge on any atom is 0.305 e. The first kappa shape index (κ1) is 157. The lowest BCUT2D eigenvalue weighted by Crippen LogP contribution is -2.21. The molecule has 0 saturated carbocycles. The molecule has 24 heteroatoms. The van der Waals surface area contributed by atoms with E-state index in [1.54, 1.807) is 0 Å². The number of hydrogen-bond acceptors (Lipinski definition) is 24. The zero-order valence-corrected chi connectivity index (χ0v) is 100. The predicted octanol–water partition coefficient (Wildman–Crippen LogP) is 30.0. The van der Waals surface area contributed by atoms with Gasteiger partial charge in [0.25, 0.3) is 0 Å². The summed E-state index contributed by atoms with van der Waals surface area (Å²) in [5, 5.41) is 106. The lowest BCUT2D eigenvalue weighted by atomic mass is 10.0. The van der Waals surface area contributed by atoms with Crippen molar-refractivity contribution in [2.24, 2.45) is 35.5 Å². The largest absolute Gasteiger partial charge is 0.463 e. The molecule has 0 amide bonds. The van der Waals surface area contributed by atoms with Gasteiger partial charge in [-0.15, -0.1) is 0 Å². The third kappa shape index (κ3) is 151. The number of rotatable bonds is 108. The van der Waals surface area contributed by atoms with Crippen molar-refractivity contribution in [3.63, 3.8) is 0 Å². The second-order valence-electron chi connectivity index (χ2n) is 46.2. The summed E-state index contributed by atoms with van der Waals surface area (Å²) in [6, 6.07) is 0. The standard InChI is InChI=1S/6C21H42O4/c6*1-19(2)15-13-11-9-7-5-3-4-6-8-10-12-14-16-21(24)25-18-20(23)17-22/h6*19-20,22-23H,3-18H2,1-2H3. The van der Waals surface area contributed by atoms with Crippen LogP contribution in [0.4, 0.5) is 0 Å². The summed E-state index contributed by atoms with van der Waals surface area (Å²) < 4.78 is 29.2. The lowest BCUT2D eigenvalue weighted by molar-refractivity contribution is -0.148. The van der Waals surface area contributed by atoms with Crippen molar-refractivity contribution in [1.29, 1.82) is 0 Å². The highest BCUT2D eigenvalue weighted by Gasteiger charge is 2.16. The molecule has 0 spiro atoms. The van der Waals surface area contributed by atoms with E-state index in [0.29, 0.717) is 38.5 Å². The van der Waals surface area contributed by atoms with E-state index in [2.05, 4.69) is 83.1 Å². The molecule has 24 nitrogen and oxygen atoms in total. The molecule has 0 aliphatic heterocycles. The Kier molecular flexibility index (Phi) is 137. The molecule has 0 saturated heterocycles. The smallest absolute Gasteiger partial charge is 0.305 e. The lowest BCUT2D eigenvalue weighted by Gasteiger charge is -2.08. The molecule has 0 heterocycles. The third-order valence-corrected chi connectivity index (χ3v) is 27.4. The van der Waals surface area contributed by atoms with E-state index in [9.17, 15) is 28.8 Å². The van der Waals surface area contributed by atoms with Gasteiger partial charge in [-0.3, -0.25) is 28.8 Å². The van der Waals surface area contributed by atoms with E-state index in [-0.39, 0.29) is 115 Å². The van der Waals surface area contributed by atoms with Crippen LogP contribution < -0.4 is 0 Å². The van der Waals surface area contributed by atoms with Crippen LogP contribution in [0.1, 0.15) is 622 Å². The van der Waals surface area contributed by atoms with Crippen molar-refractivity contribution in [3.8, 4) is 0 Å². The Bertz CT molecular complexity index is 2200. The Hall–Kier alpha value is -3.66. The fraction of sp³-hybridized carbons (Fsp3) is 0.952. The number of carbonyl (C=O) groups is 6. The first-order chi connectivity index (χ1) is 72.3. The SMILES string of the molecule is CC(C)CCCCCCCCCCCCCCC(=O)OCC(O)CO.CC(C)CCCCCCCCCCCCCCC(=O)OCC(O)CO.CC(C)CCCCCCCCCCCCCCC(=O)OCC(O)CO.CC(C)CCCCCCCCCCCCCCC(=O)OCC(O)CO.CC(C)CCCCCCCCCCCCCCC(=O)OCC(O)CO.CC(C)CCCCCCCCCCCCCCC(=O)OCC(O)CO. The average molecular weight is 2150 g/mol. The highest BCUT2D eigenvalue weighted by molar-refractivity contribution is 5.71. The molecule has 12 N–H and O–H groups in total. The molecule has 6 unspecified atom stereocenters. The van der Waals surface area contributed by atoms with Gasteiger partial charge in [0.2, 0.25) is 0 Å².